The van der Waals surface area contributed by atoms with Crippen molar-refractivity contribution < 1.29 is 22.8 Å². The molecule has 1 aromatic carbocycles. The Morgan fingerprint density at radius 2 is 1.83 bits per heavy atom. The molecule has 2 aromatic rings. The van der Waals surface area contributed by atoms with Crippen molar-refractivity contribution in [2.24, 2.45) is 5.73 Å². The summed E-state index contributed by atoms with van der Waals surface area (Å²) < 4.78 is 38.7. The zero-order valence-corrected chi connectivity index (χ0v) is 12.2. The first-order valence-corrected chi connectivity index (χ1v) is 7.01. The molecule has 0 spiro atoms. The van der Waals surface area contributed by atoms with Gasteiger partial charge in [0.05, 0.1) is 6.54 Å². The van der Waals surface area contributed by atoms with Gasteiger partial charge in [0.25, 0.3) is 0 Å². The lowest BCUT2D eigenvalue weighted by Crippen LogP contribution is -2.25. The number of nitrogens with one attached hydrogen (secondary N) is 1. The maximum Gasteiger partial charge on any atom is 0.432 e. The topological polar surface area (TPSA) is 94.2 Å². The third kappa shape index (κ3) is 3.97. The molecule has 2 amide bonds. The molecule has 0 unspecified atom stereocenters. The van der Waals surface area contributed by atoms with E-state index in [9.17, 15) is 27.6 Å². The molecule has 1 aromatic heterocycles. The average Bonchev–Trinajstić information content (AvgIpc) is 2.80. The van der Waals surface area contributed by atoms with Crippen LogP contribution in [-0.4, -0.2) is 16.4 Å². The molecule has 6 nitrogen and oxygen atoms in total. The number of hydrogen-bond donors (Lipinski definition) is 2. The van der Waals surface area contributed by atoms with E-state index in [-0.39, 0.29) is 5.56 Å². The molecule has 0 radical (unpaired) electrons. The number of hydrogen-bond acceptors (Lipinski definition) is 4. The Labute approximate surface area is 131 Å². The number of halogens is 3. The molecular formula is C13H10F3N3O3S. The summed E-state index contributed by atoms with van der Waals surface area (Å²) in [6.07, 6.45) is -4.71. The summed E-state index contributed by atoms with van der Waals surface area (Å²) in [5.41, 5.74) is 4.20. The fourth-order valence-corrected chi connectivity index (χ4v) is 2.58. The Morgan fingerprint density at radius 3 is 2.35 bits per heavy atom. The van der Waals surface area contributed by atoms with Crippen molar-refractivity contribution in [2.45, 2.75) is 12.7 Å². The molecule has 0 atom stereocenters. The Bertz CT molecular complexity index is 793. The molecule has 0 saturated carbocycles. The van der Waals surface area contributed by atoms with Gasteiger partial charge in [-0.3, -0.25) is 14.2 Å². The number of alkyl halides is 3. The number of primary amides is 1. The fraction of sp³-hybridized carbons (Fsp3) is 0.154. The number of urea groups is 1. The average molecular weight is 345 g/mol. The molecule has 0 fully saturated rings. The van der Waals surface area contributed by atoms with Crippen molar-refractivity contribution in [3.63, 3.8) is 0 Å². The summed E-state index contributed by atoms with van der Waals surface area (Å²) in [4.78, 5) is 33.3. The number of anilines is 1. The lowest BCUT2D eigenvalue weighted by atomic mass is 10.1. The largest absolute Gasteiger partial charge is 0.432 e. The van der Waals surface area contributed by atoms with Crippen molar-refractivity contribution in [1.29, 1.82) is 0 Å². The van der Waals surface area contributed by atoms with Crippen LogP contribution in [0.3, 0.4) is 0 Å². The molecule has 0 aliphatic carbocycles. The van der Waals surface area contributed by atoms with Crippen LogP contribution >= 0.6 is 11.3 Å². The van der Waals surface area contributed by atoms with Gasteiger partial charge in [0.2, 0.25) is 0 Å². The molecule has 122 valence electrons. The van der Waals surface area contributed by atoms with E-state index in [4.69, 9.17) is 5.73 Å². The highest BCUT2D eigenvalue weighted by Crippen LogP contribution is 2.29. The molecule has 0 saturated heterocycles. The minimum atomic E-state index is -4.71. The highest BCUT2D eigenvalue weighted by molar-refractivity contribution is 7.07. The first-order valence-electron chi connectivity index (χ1n) is 6.13. The summed E-state index contributed by atoms with van der Waals surface area (Å²) in [7, 11) is 0. The predicted octanol–water partition coefficient (Wildman–Crippen LogP) is 2.30. The third-order valence-electron chi connectivity index (χ3n) is 2.85. The molecule has 0 aliphatic rings. The minimum absolute atomic E-state index is 0.103. The van der Waals surface area contributed by atoms with E-state index in [0.29, 0.717) is 27.0 Å². The number of benzene rings is 1. The zero-order chi connectivity index (χ0) is 17.2. The van der Waals surface area contributed by atoms with Crippen molar-refractivity contribution in [1.82, 2.24) is 4.57 Å². The van der Waals surface area contributed by atoms with Crippen LogP contribution in [0.15, 0.2) is 34.4 Å². The molecule has 23 heavy (non-hydrogen) atoms. The van der Waals surface area contributed by atoms with Gasteiger partial charge in [0.1, 0.15) is 5.69 Å². The van der Waals surface area contributed by atoms with Crippen LogP contribution in [0.5, 0.6) is 0 Å². The maximum atomic E-state index is 12.8. The lowest BCUT2D eigenvalue weighted by molar-refractivity contribution is -0.143. The van der Waals surface area contributed by atoms with Crippen LogP contribution in [0, 0.1) is 0 Å². The molecule has 1 heterocycles. The van der Waals surface area contributed by atoms with Gasteiger partial charge in [-0.05, 0) is 24.3 Å². The Hall–Kier alpha value is -2.62. The highest BCUT2D eigenvalue weighted by atomic mass is 32.1. The van der Waals surface area contributed by atoms with E-state index in [2.05, 4.69) is 5.32 Å². The normalized spacial score (nSPS) is 11.3. The van der Waals surface area contributed by atoms with Gasteiger partial charge in [0.15, 0.2) is 5.78 Å². The van der Waals surface area contributed by atoms with Crippen LogP contribution in [0.25, 0.3) is 0 Å². The molecule has 10 heteroatoms. The molecule has 0 bridgehead atoms. The van der Waals surface area contributed by atoms with Crippen molar-refractivity contribution in [3.8, 4) is 0 Å². The second-order valence-electron chi connectivity index (χ2n) is 4.46. The number of carbonyl (C=O) groups excluding carboxylic acids is 2. The Balaban J connectivity index is 2.22. The quantitative estimate of drug-likeness (QED) is 0.833. The summed E-state index contributed by atoms with van der Waals surface area (Å²) in [5, 5.41) is 2.96. The fourth-order valence-electron chi connectivity index (χ4n) is 1.82. The van der Waals surface area contributed by atoms with Gasteiger partial charge in [0, 0.05) is 16.6 Å². The number of thiazole rings is 1. The van der Waals surface area contributed by atoms with Gasteiger partial charge in [-0.25, -0.2) is 4.79 Å². The highest BCUT2D eigenvalue weighted by Gasteiger charge is 2.36. The summed E-state index contributed by atoms with van der Waals surface area (Å²) in [6, 6.07) is 4.60. The minimum Gasteiger partial charge on any atom is -0.351 e. The lowest BCUT2D eigenvalue weighted by Gasteiger charge is -2.10. The second-order valence-corrected chi connectivity index (χ2v) is 5.28. The summed E-state index contributed by atoms with van der Waals surface area (Å²) in [6.45, 7) is -0.722. The number of nitrogens with zero attached hydrogens (tertiary/aromatic N) is 1. The number of Topliss-reactive ketones (excluding diaryl/α,β-unsaturated/α-hetero) is 1. The second kappa shape index (κ2) is 6.24. The third-order valence-corrected chi connectivity index (χ3v) is 3.61. The molecule has 0 aliphatic heterocycles. The Morgan fingerprint density at radius 1 is 1.22 bits per heavy atom. The number of nitrogens with two attached hydrogens (primary N) is 1. The van der Waals surface area contributed by atoms with Crippen molar-refractivity contribution in [3.05, 3.63) is 50.6 Å². The van der Waals surface area contributed by atoms with Gasteiger partial charge < -0.3 is 11.1 Å². The standard InChI is InChI=1S/C13H10F3N3O3S/c14-13(15,16)10-6-23-12(22)19(10)5-9(20)7-1-3-8(4-2-7)18-11(17)21/h1-4,6H,5H2,(H3,17,18,21). The predicted molar refractivity (Wildman–Crippen MR) is 77.6 cm³/mol. The summed E-state index contributed by atoms with van der Waals surface area (Å²) in [5.74, 6) is -0.665. The van der Waals surface area contributed by atoms with Gasteiger partial charge >= 0.3 is 17.1 Å². The zero-order valence-electron chi connectivity index (χ0n) is 11.4. The number of amides is 2. The number of carbonyl (C=O) groups is 2. The first-order chi connectivity index (χ1) is 10.7. The number of rotatable bonds is 4. The molecule has 2 rings (SSSR count). The monoisotopic (exact) mass is 345 g/mol. The van der Waals surface area contributed by atoms with E-state index < -0.39 is 35.1 Å². The smallest absolute Gasteiger partial charge is 0.351 e. The molecule has 3 N–H and O–H groups in total. The van der Waals surface area contributed by atoms with Crippen molar-refractivity contribution in [2.75, 3.05) is 5.32 Å². The van der Waals surface area contributed by atoms with Crippen LogP contribution in [0.4, 0.5) is 23.7 Å². The number of ketones is 1. The van der Waals surface area contributed by atoms with E-state index in [0.717, 1.165) is 0 Å². The Kier molecular flexibility index (Phi) is 4.55. The first kappa shape index (κ1) is 16.7. The molecular weight excluding hydrogens is 335 g/mol. The SMILES string of the molecule is NC(=O)Nc1ccc(C(=O)Cn2c(C(F)(F)F)csc2=O)cc1. The van der Waals surface area contributed by atoms with Gasteiger partial charge in [-0.15, -0.1) is 0 Å². The van der Waals surface area contributed by atoms with E-state index in [1.54, 1.807) is 0 Å². The van der Waals surface area contributed by atoms with Crippen LogP contribution in [0.1, 0.15) is 16.1 Å². The van der Waals surface area contributed by atoms with Crippen LogP contribution in [-0.2, 0) is 12.7 Å². The van der Waals surface area contributed by atoms with E-state index in [1.807, 2.05) is 0 Å². The van der Waals surface area contributed by atoms with Gasteiger partial charge in [-0.2, -0.15) is 13.2 Å². The van der Waals surface area contributed by atoms with E-state index >= 15 is 0 Å². The van der Waals surface area contributed by atoms with Gasteiger partial charge in [-0.1, -0.05) is 11.3 Å². The maximum absolute atomic E-state index is 12.8. The summed E-state index contributed by atoms with van der Waals surface area (Å²) >= 11 is 0.378. The van der Waals surface area contributed by atoms with Crippen molar-refractivity contribution >= 4 is 28.8 Å². The number of aromatic nitrogens is 1. The van der Waals surface area contributed by atoms with Crippen LogP contribution in [0.2, 0.25) is 0 Å². The van der Waals surface area contributed by atoms with Crippen LogP contribution < -0.4 is 15.9 Å². The van der Waals surface area contributed by atoms with E-state index in [1.165, 1.54) is 24.3 Å².